The average Bonchev–Trinajstić information content (AvgIpc) is 3.72. The van der Waals surface area contributed by atoms with Crippen molar-refractivity contribution < 1.29 is 29.0 Å². The summed E-state index contributed by atoms with van der Waals surface area (Å²) in [7, 11) is 1.24. The normalized spacial score (nSPS) is 17.8. The topological polar surface area (TPSA) is 165 Å². The van der Waals surface area contributed by atoms with Crippen molar-refractivity contribution in [2.75, 3.05) is 26.7 Å². The zero-order chi connectivity index (χ0) is 40.4. The van der Waals surface area contributed by atoms with E-state index in [1.165, 1.54) is 7.11 Å². The van der Waals surface area contributed by atoms with E-state index < -0.39 is 47.6 Å². The van der Waals surface area contributed by atoms with Gasteiger partial charge < -0.3 is 30.7 Å². The standard InChI is InChI=1S/C40H65N7O6S/c1-12-26(4)32(30-21-41-37(51)47(30)22-28-24-54-36(42-28)25(2)3)34(49)43-29(20-27-16-14-13-15-17-27)31(48)23-46(19-18-39(5,6)7)45-35(50)33(40(8,9)10)44-38(52)53-11/h13-17,24-26,29-33,48H,12,18-23H2,1-11H3,(H,41,51)(H,43,49)(H,44,52)(H,45,50). The molecule has 2 aromatic rings. The molecule has 302 valence electrons. The number of hydrogen-bond donors (Lipinski definition) is 5. The van der Waals surface area contributed by atoms with E-state index in [1.54, 1.807) is 21.2 Å². The lowest BCUT2D eigenvalue weighted by atomic mass is 9.83. The van der Waals surface area contributed by atoms with Crippen LogP contribution in [0.1, 0.15) is 104 Å². The SMILES string of the molecule is CCC(C)C(C(=O)NC(Cc1ccccc1)C(O)CN(CCC(C)(C)C)NC(=O)C(NC(=O)OC)C(C)(C)C)C1CNC(=O)N1Cc1csc(C(C)C)n1. The van der Waals surface area contributed by atoms with Crippen molar-refractivity contribution in [3.63, 3.8) is 0 Å². The lowest BCUT2D eigenvalue weighted by Gasteiger charge is -2.37. The molecule has 1 fully saturated rings. The number of methoxy groups -OCH3 is 1. The van der Waals surface area contributed by atoms with Gasteiger partial charge in [-0.15, -0.1) is 11.3 Å². The van der Waals surface area contributed by atoms with Crippen LogP contribution in [-0.4, -0.2) is 94.9 Å². The number of aliphatic hydroxyl groups excluding tert-OH is 1. The molecule has 1 saturated heterocycles. The van der Waals surface area contributed by atoms with Gasteiger partial charge in [0.1, 0.15) is 6.04 Å². The third-order valence-corrected chi connectivity index (χ3v) is 11.2. The van der Waals surface area contributed by atoms with E-state index in [-0.39, 0.29) is 35.7 Å². The molecule has 2 heterocycles. The highest BCUT2D eigenvalue weighted by Gasteiger charge is 2.43. The molecule has 0 spiro atoms. The summed E-state index contributed by atoms with van der Waals surface area (Å²) in [5.41, 5.74) is 3.94. The Balaban J connectivity index is 1.92. The number of rotatable bonds is 18. The third-order valence-electron chi connectivity index (χ3n) is 9.97. The first-order chi connectivity index (χ1) is 25.2. The molecule has 0 bridgehead atoms. The number of alkyl carbamates (subject to hydrolysis) is 1. The predicted molar refractivity (Wildman–Crippen MR) is 213 cm³/mol. The van der Waals surface area contributed by atoms with Crippen molar-refractivity contribution in [3.8, 4) is 0 Å². The van der Waals surface area contributed by atoms with Crippen LogP contribution in [0.15, 0.2) is 35.7 Å². The van der Waals surface area contributed by atoms with Crippen LogP contribution >= 0.6 is 11.3 Å². The smallest absolute Gasteiger partial charge is 0.407 e. The molecule has 1 aromatic heterocycles. The van der Waals surface area contributed by atoms with Gasteiger partial charge in [0.15, 0.2) is 0 Å². The highest BCUT2D eigenvalue weighted by Crippen LogP contribution is 2.29. The number of thiazole rings is 1. The van der Waals surface area contributed by atoms with Gasteiger partial charge in [0, 0.05) is 30.9 Å². The molecule has 6 atom stereocenters. The lowest BCUT2D eigenvalue weighted by Crippen LogP contribution is -2.60. The molecule has 13 nitrogen and oxygen atoms in total. The van der Waals surface area contributed by atoms with Gasteiger partial charge in [-0.3, -0.25) is 15.0 Å². The summed E-state index contributed by atoms with van der Waals surface area (Å²) in [4.78, 5) is 60.2. The molecule has 5 amide bonds. The van der Waals surface area contributed by atoms with Crippen LogP contribution in [0.25, 0.3) is 0 Å². The Bertz CT molecular complexity index is 1520. The molecule has 54 heavy (non-hydrogen) atoms. The van der Waals surface area contributed by atoms with Gasteiger partial charge in [-0.25, -0.2) is 19.6 Å². The number of hydrogen-bond acceptors (Lipinski definition) is 9. The minimum atomic E-state index is -1.11. The molecular formula is C40H65N7O6S. The van der Waals surface area contributed by atoms with Gasteiger partial charge in [-0.05, 0) is 35.2 Å². The van der Waals surface area contributed by atoms with Gasteiger partial charge in [-0.1, -0.05) is 106 Å². The van der Waals surface area contributed by atoms with Crippen LogP contribution < -0.4 is 21.4 Å². The van der Waals surface area contributed by atoms with Crippen molar-refractivity contribution in [3.05, 3.63) is 52.0 Å². The Labute approximate surface area is 326 Å². The Morgan fingerprint density at radius 1 is 1.07 bits per heavy atom. The predicted octanol–water partition coefficient (Wildman–Crippen LogP) is 5.45. The molecule has 1 aliphatic rings. The highest BCUT2D eigenvalue weighted by molar-refractivity contribution is 7.09. The Hall–Kier alpha value is -3.75. The number of carbonyl (C=O) groups is 4. The van der Waals surface area contributed by atoms with Crippen molar-refractivity contribution >= 4 is 35.3 Å². The maximum absolute atomic E-state index is 14.5. The van der Waals surface area contributed by atoms with Crippen LogP contribution in [-0.2, 0) is 27.3 Å². The number of aliphatic hydroxyl groups is 1. The molecule has 14 heteroatoms. The molecule has 0 saturated carbocycles. The van der Waals surface area contributed by atoms with Crippen molar-refractivity contribution in [2.24, 2.45) is 22.7 Å². The molecule has 3 rings (SSSR count). The summed E-state index contributed by atoms with van der Waals surface area (Å²) in [5, 5.41) is 25.5. The van der Waals surface area contributed by atoms with Gasteiger partial charge in [0.05, 0.1) is 48.5 Å². The number of benzene rings is 1. The lowest BCUT2D eigenvalue weighted by molar-refractivity contribution is -0.133. The van der Waals surface area contributed by atoms with Crippen molar-refractivity contribution in [2.45, 2.75) is 125 Å². The summed E-state index contributed by atoms with van der Waals surface area (Å²) in [6.07, 6.45) is -0.112. The summed E-state index contributed by atoms with van der Waals surface area (Å²) in [6.45, 7) is 21.0. The van der Waals surface area contributed by atoms with Crippen LogP contribution in [0.4, 0.5) is 9.59 Å². The van der Waals surface area contributed by atoms with Crippen LogP contribution in [0.2, 0.25) is 0 Å². The molecular weight excluding hydrogens is 707 g/mol. The fourth-order valence-corrected chi connectivity index (χ4v) is 7.31. The van der Waals surface area contributed by atoms with Crippen LogP contribution in [0, 0.1) is 22.7 Å². The van der Waals surface area contributed by atoms with Gasteiger partial charge in [0.2, 0.25) is 5.91 Å². The largest absolute Gasteiger partial charge is 0.453 e. The van der Waals surface area contributed by atoms with Gasteiger partial charge >= 0.3 is 12.1 Å². The summed E-state index contributed by atoms with van der Waals surface area (Å²) < 4.78 is 4.79. The number of amides is 5. The maximum atomic E-state index is 14.5. The number of nitrogens with zero attached hydrogens (tertiary/aromatic N) is 3. The van der Waals surface area contributed by atoms with E-state index in [0.717, 1.165) is 16.3 Å². The third kappa shape index (κ3) is 13.2. The van der Waals surface area contributed by atoms with E-state index in [0.29, 0.717) is 38.9 Å². The monoisotopic (exact) mass is 771 g/mol. The summed E-state index contributed by atoms with van der Waals surface area (Å²) in [5.74, 6) is -1.09. The first-order valence-electron chi connectivity index (χ1n) is 19.1. The minimum absolute atomic E-state index is 0.000288. The Morgan fingerprint density at radius 2 is 1.74 bits per heavy atom. The second kappa shape index (κ2) is 19.7. The number of ether oxygens (including phenoxy) is 1. The minimum Gasteiger partial charge on any atom is -0.453 e. The molecule has 0 radical (unpaired) electrons. The summed E-state index contributed by atoms with van der Waals surface area (Å²) >= 11 is 1.57. The highest BCUT2D eigenvalue weighted by atomic mass is 32.1. The fourth-order valence-electron chi connectivity index (χ4n) is 6.48. The number of carbonyl (C=O) groups excluding carboxylic acids is 4. The zero-order valence-corrected chi connectivity index (χ0v) is 35.0. The molecule has 6 unspecified atom stereocenters. The van der Waals surface area contributed by atoms with Gasteiger partial charge in [-0.2, -0.15) is 0 Å². The number of hydrazine groups is 1. The first-order valence-corrected chi connectivity index (χ1v) is 20.0. The van der Waals surface area contributed by atoms with Crippen molar-refractivity contribution in [1.29, 1.82) is 0 Å². The van der Waals surface area contributed by atoms with E-state index in [2.05, 4.69) is 56.0 Å². The molecule has 1 aromatic carbocycles. The average molecular weight is 772 g/mol. The Morgan fingerprint density at radius 3 is 2.30 bits per heavy atom. The Kier molecular flexibility index (Phi) is 16.3. The van der Waals surface area contributed by atoms with E-state index >= 15 is 0 Å². The summed E-state index contributed by atoms with van der Waals surface area (Å²) in [6, 6.07) is 7.31. The number of urea groups is 1. The first kappa shape index (κ1) is 44.6. The quantitative estimate of drug-likeness (QED) is 0.125. The second-order valence-corrected chi connectivity index (χ2v) is 18.1. The molecule has 1 aliphatic heterocycles. The van der Waals surface area contributed by atoms with E-state index in [9.17, 15) is 24.3 Å². The number of nitrogens with one attached hydrogen (secondary N) is 4. The molecule has 0 aliphatic carbocycles. The zero-order valence-electron chi connectivity index (χ0n) is 34.2. The molecule has 5 N–H and O–H groups in total. The van der Waals surface area contributed by atoms with Crippen LogP contribution in [0.5, 0.6) is 0 Å². The maximum Gasteiger partial charge on any atom is 0.407 e. The fraction of sp³-hybridized carbons (Fsp3) is 0.675. The van der Waals surface area contributed by atoms with Gasteiger partial charge in [0.25, 0.3) is 5.91 Å². The number of aromatic nitrogens is 1. The van der Waals surface area contributed by atoms with E-state index in [1.807, 2.05) is 70.3 Å². The van der Waals surface area contributed by atoms with Crippen LogP contribution in [0.3, 0.4) is 0 Å². The second-order valence-electron chi connectivity index (χ2n) is 17.2. The van der Waals surface area contributed by atoms with Crippen molar-refractivity contribution in [1.82, 2.24) is 36.3 Å². The van der Waals surface area contributed by atoms with E-state index in [4.69, 9.17) is 9.72 Å².